The molecule has 1 heterocycles. The van der Waals surface area contributed by atoms with E-state index < -0.39 is 0 Å². The largest absolute Gasteiger partial charge is 0.335 e. The number of nitrogens with one attached hydrogen (secondary N) is 2. The molecule has 1 saturated carbocycles. The van der Waals surface area contributed by atoms with E-state index in [0.29, 0.717) is 18.1 Å². The number of urea groups is 1. The van der Waals surface area contributed by atoms with E-state index in [1.807, 2.05) is 4.90 Å². The molecular weight excluding hydrogens is 178 g/mol. The van der Waals surface area contributed by atoms with E-state index in [1.54, 1.807) is 0 Å². The Labute approximate surface area is 85.0 Å². The van der Waals surface area contributed by atoms with Crippen molar-refractivity contribution >= 4 is 6.03 Å². The van der Waals surface area contributed by atoms with Crippen molar-refractivity contribution in [1.29, 1.82) is 0 Å². The molecule has 0 aromatic carbocycles. The van der Waals surface area contributed by atoms with Crippen molar-refractivity contribution in [3.8, 4) is 0 Å². The minimum atomic E-state index is 0.119. The minimum Gasteiger partial charge on any atom is -0.335 e. The molecule has 2 fully saturated rings. The van der Waals surface area contributed by atoms with Gasteiger partial charge in [-0.3, -0.25) is 0 Å². The first-order chi connectivity index (χ1) is 6.68. The summed E-state index contributed by atoms with van der Waals surface area (Å²) in [6, 6.07) is 1.27. The number of carbonyl (C=O) groups is 1. The van der Waals surface area contributed by atoms with Gasteiger partial charge in [-0.25, -0.2) is 4.79 Å². The van der Waals surface area contributed by atoms with Crippen LogP contribution in [-0.2, 0) is 0 Å². The molecule has 1 saturated heterocycles. The SMILES string of the molecule is CC1NCCN(C(=O)NC2CC2)C1C. The molecule has 0 aromatic heterocycles. The van der Waals surface area contributed by atoms with Crippen molar-refractivity contribution in [1.82, 2.24) is 15.5 Å². The summed E-state index contributed by atoms with van der Waals surface area (Å²) in [5.74, 6) is 0. The Hall–Kier alpha value is -0.770. The Bertz CT molecular complexity index is 227. The lowest BCUT2D eigenvalue weighted by molar-refractivity contribution is 0.145. The predicted octanol–water partition coefficient (Wildman–Crippen LogP) is 0.541. The van der Waals surface area contributed by atoms with E-state index in [4.69, 9.17) is 0 Å². The average Bonchev–Trinajstić information content (AvgIpc) is 2.93. The normalized spacial score (nSPS) is 32.9. The Balaban J connectivity index is 1.90. The maximum Gasteiger partial charge on any atom is 0.317 e. The van der Waals surface area contributed by atoms with Gasteiger partial charge in [0.25, 0.3) is 0 Å². The Morgan fingerprint density at radius 1 is 1.43 bits per heavy atom. The molecule has 2 amide bonds. The topological polar surface area (TPSA) is 44.4 Å². The molecule has 0 spiro atoms. The van der Waals surface area contributed by atoms with Gasteiger partial charge in [-0.2, -0.15) is 0 Å². The number of hydrogen-bond acceptors (Lipinski definition) is 2. The van der Waals surface area contributed by atoms with Gasteiger partial charge < -0.3 is 15.5 Å². The minimum absolute atomic E-state index is 0.119. The number of hydrogen-bond donors (Lipinski definition) is 2. The van der Waals surface area contributed by atoms with Crippen LogP contribution < -0.4 is 10.6 Å². The smallest absolute Gasteiger partial charge is 0.317 e. The molecule has 2 unspecified atom stereocenters. The number of piperazine rings is 1. The highest BCUT2D eigenvalue weighted by Crippen LogP contribution is 2.19. The van der Waals surface area contributed by atoms with Crippen LogP contribution in [0.2, 0.25) is 0 Å². The Kier molecular flexibility index (Phi) is 2.63. The predicted molar refractivity (Wildman–Crippen MR) is 55.2 cm³/mol. The number of nitrogens with zero attached hydrogens (tertiary/aromatic N) is 1. The lowest BCUT2D eigenvalue weighted by Crippen LogP contribution is -2.59. The maximum absolute atomic E-state index is 11.8. The molecule has 1 aliphatic heterocycles. The fourth-order valence-electron chi connectivity index (χ4n) is 1.83. The zero-order chi connectivity index (χ0) is 10.1. The molecule has 0 radical (unpaired) electrons. The average molecular weight is 197 g/mol. The Morgan fingerprint density at radius 3 is 2.79 bits per heavy atom. The van der Waals surface area contributed by atoms with Gasteiger partial charge in [-0.1, -0.05) is 0 Å². The summed E-state index contributed by atoms with van der Waals surface area (Å²) in [5, 5.41) is 6.40. The third kappa shape index (κ3) is 2.00. The molecule has 2 rings (SSSR count). The maximum atomic E-state index is 11.8. The van der Waals surface area contributed by atoms with Crippen molar-refractivity contribution < 1.29 is 4.79 Å². The summed E-state index contributed by atoms with van der Waals surface area (Å²) in [6.45, 7) is 5.96. The summed E-state index contributed by atoms with van der Waals surface area (Å²) < 4.78 is 0. The van der Waals surface area contributed by atoms with E-state index in [0.717, 1.165) is 25.9 Å². The van der Waals surface area contributed by atoms with Crippen LogP contribution in [0, 0.1) is 0 Å². The van der Waals surface area contributed by atoms with Gasteiger partial charge in [0.2, 0.25) is 0 Å². The molecule has 2 aliphatic rings. The van der Waals surface area contributed by atoms with Crippen LogP contribution in [0.3, 0.4) is 0 Å². The summed E-state index contributed by atoms with van der Waals surface area (Å²) in [4.78, 5) is 13.7. The van der Waals surface area contributed by atoms with Crippen LogP contribution in [0.15, 0.2) is 0 Å². The van der Waals surface area contributed by atoms with Gasteiger partial charge in [0.1, 0.15) is 0 Å². The molecule has 2 N–H and O–H groups in total. The van der Waals surface area contributed by atoms with Crippen LogP contribution in [0.4, 0.5) is 4.79 Å². The molecule has 1 aliphatic carbocycles. The fourth-order valence-corrected chi connectivity index (χ4v) is 1.83. The van der Waals surface area contributed by atoms with Gasteiger partial charge in [0.05, 0.1) is 0 Å². The highest BCUT2D eigenvalue weighted by molar-refractivity contribution is 5.75. The first kappa shape index (κ1) is 9.77. The molecule has 0 aromatic rings. The van der Waals surface area contributed by atoms with Crippen LogP contribution in [0.1, 0.15) is 26.7 Å². The number of amides is 2. The second-order valence-corrected chi connectivity index (χ2v) is 4.40. The second kappa shape index (κ2) is 3.77. The van der Waals surface area contributed by atoms with E-state index in [-0.39, 0.29) is 6.03 Å². The van der Waals surface area contributed by atoms with E-state index in [1.165, 1.54) is 0 Å². The molecular formula is C10H19N3O. The summed E-state index contributed by atoms with van der Waals surface area (Å²) >= 11 is 0. The standard InChI is InChI=1S/C10H19N3O/c1-7-8(2)13(6-5-11-7)10(14)12-9-3-4-9/h7-9,11H,3-6H2,1-2H3,(H,12,14). The van der Waals surface area contributed by atoms with Crippen molar-refractivity contribution in [3.63, 3.8) is 0 Å². The van der Waals surface area contributed by atoms with Gasteiger partial charge in [-0.15, -0.1) is 0 Å². The highest BCUT2D eigenvalue weighted by atomic mass is 16.2. The van der Waals surface area contributed by atoms with Crippen LogP contribution >= 0.6 is 0 Å². The molecule has 0 bridgehead atoms. The van der Waals surface area contributed by atoms with Crippen molar-refractivity contribution in [2.45, 2.75) is 44.8 Å². The Morgan fingerprint density at radius 2 is 2.14 bits per heavy atom. The van der Waals surface area contributed by atoms with E-state index >= 15 is 0 Å². The van der Waals surface area contributed by atoms with Crippen molar-refractivity contribution in [3.05, 3.63) is 0 Å². The first-order valence-electron chi connectivity index (χ1n) is 5.49. The zero-order valence-electron chi connectivity index (χ0n) is 8.92. The monoisotopic (exact) mass is 197 g/mol. The van der Waals surface area contributed by atoms with Gasteiger partial charge >= 0.3 is 6.03 Å². The van der Waals surface area contributed by atoms with Crippen molar-refractivity contribution in [2.75, 3.05) is 13.1 Å². The summed E-state index contributed by atoms with van der Waals surface area (Å²) in [5.41, 5.74) is 0. The summed E-state index contributed by atoms with van der Waals surface area (Å²) in [6.07, 6.45) is 2.31. The third-order valence-corrected chi connectivity index (χ3v) is 3.20. The van der Waals surface area contributed by atoms with Crippen LogP contribution in [-0.4, -0.2) is 42.1 Å². The molecule has 80 valence electrons. The van der Waals surface area contributed by atoms with Crippen molar-refractivity contribution in [2.24, 2.45) is 0 Å². The highest BCUT2D eigenvalue weighted by Gasteiger charge is 2.31. The molecule has 4 nitrogen and oxygen atoms in total. The first-order valence-corrected chi connectivity index (χ1v) is 5.49. The van der Waals surface area contributed by atoms with Gasteiger partial charge in [-0.05, 0) is 26.7 Å². The second-order valence-electron chi connectivity index (χ2n) is 4.40. The lowest BCUT2D eigenvalue weighted by Gasteiger charge is -2.38. The zero-order valence-corrected chi connectivity index (χ0v) is 8.92. The molecule has 4 heteroatoms. The molecule has 14 heavy (non-hydrogen) atoms. The van der Waals surface area contributed by atoms with Crippen LogP contribution in [0.25, 0.3) is 0 Å². The lowest BCUT2D eigenvalue weighted by atomic mass is 10.1. The van der Waals surface area contributed by atoms with E-state index in [2.05, 4.69) is 24.5 Å². The van der Waals surface area contributed by atoms with Crippen LogP contribution in [0.5, 0.6) is 0 Å². The third-order valence-electron chi connectivity index (χ3n) is 3.20. The summed E-state index contributed by atoms with van der Waals surface area (Å²) in [7, 11) is 0. The van der Waals surface area contributed by atoms with Gasteiger partial charge in [0, 0.05) is 31.2 Å². The molecule has 2 atom stereocenters. The number of carbonyl (C=O) groups excluding carboxylic acids is 1. The quantitative estimate of drug-likeness (QED) is 0.644. The van der Waals surface area contributed by atoms with Gasteiger partial charge in [0.15, 0.2) is 0 Å². The number of rotatable bonds is 1. The fraction of sp³-hybridized carbons (Fsp3) is 0.900. The van der Waals surface area contributed by atoms with E-state index in [9.17, 15) is 4.79 Å².